The van der Waals surface area contributed by atoms with Crippen LogP contribution in [0.5, 0.6) is 0 Å². The van der Waals surface area contributed by atoms with E-state index in [2.05, 4.69) is 48.0 Å². The van der Waals surface area contributed by atoms with Gasteiger partial charge in [0, 0.05) is 18.8 Å². The lowest BCUT2D eigenvalue weighted by atomic mass is 10.1. The molecule has 2 heteroatoms. The molecule has 1 fully saturated rings. The third kappa shape index (κ3) is 1.60. The molecule has 1 aromatic rings. The Hall–Kier alpha value is -1.44. The van der Waals surface area contributed by atoms with Crippen LogP contribution in [0, 0.1) is 6.92 Å². The minimum atomic E-state index is 1.02. The van der Waals surface area contributed by atoms with Crippen molar-refractivity contribution in [2.24, 2.45) is 0 Å². The van der Waals surface area contributed by atoms with Gasteiger partial charge in [-0.25, -0.2) is 0 Å². The van der Waals surface area contributed by atoms with Crippen molar-refractivity contribution in [2.75, 3.05) is 18.0 Å². The van der Waals surface area contributed by atoms with Crippen LogP contribution in [0.4, 0.5) is 5.69 Å². The summed E-state index contributed by atoms with van der Waals surface area (Å²) in [4.78, 5) is 2.25. The van der Waals surface area contributed by atoms with Crippen molar-refractivity contribution in [3.63, 3.8) is 0 Å². The first-order valence-corrected chi connectivity index (χ1v) is 5.05. The molecule has 14 heavy (non-hydrogen) atoms. The molecule has 0 unspecified atom stereocenters. The molecule has 1 saturated heterocycles. The molecule has 0 radical (unpaired) electrons. The number of aryl methyl sites for hydroxylation is 1. The highest BCUT2D eigenvalue weighted by Crippen LogP contribution is 2.23. The standard InChI is InChI=1S/C12H16N2/c1-10-6-3-4-7-12(10)14-9-5-8-13-11(14)2/h3-4,6-7,13H,2,5,8-9H2,1H3. The van der Waals surface area contributed by atoms with E-state index in [0.717, 1.165) is 18.9 Å². The highest BCUT2D eigenvalue weighted by molar-refractivity contribution is 5.57. The molecule has 1 aromatic carbocycles. The number of hydrogen-bond acceptors (Lipinski definition) is 2. The molecule has 0 aliphatic carbocycles. The van der Waals surface area contributed by atoms with E-state index < -0.39 is 0 Å². The number of nitrogens with one attached hydrogen (secondary N) is 1. The summed E-state index contributed by atoms with van der Waals surface area (Å²) >= 11 is 0. The third-order valence-corrected chi connectivity index (χ3v) is 2.62. The Morgan fingerprint density at radius 2 is 2.14 bits per heavy atom. The number of anilines is 1. The molecular formula is C12H16N2. The molecule has 0 atom stereocenters. The van der Waals surface area contributed by atoms with Gasteiger partial charge in [-0.05, 0) is 25.0 Å². The fraction of sp³-hybridized carbons (Fsp3) is 0.333. The smallest absolute Gasteiger partial charge is 0.0984 e. The van der Waals surface area contributed by atoms with Gasteiger partial charge in [-0.1, -0.05) is 24.8 Å². The average molecular weight is 188 g/mol. The van der Waals surface area contributed by atoms with Gasteiger partial charge in [-0.3, -0.25) is 0 Å². The quantitative estimate of drug-likeness (QED) is 0.727. The SMILES string of the molecule is C=C1NCCCN1c1ccccc1C. The Balaban J connectivity index is 2.29. The van der Waals surface area contributed by atoms with Crippen LogP contribution in [0.25, 0.3) is 0 Å². The summed E-state index contributed by atoms with van der Waals surface area (Å²) in [5.74, 6) is 1.02. The summed E-state index contributed by atoms with van der Waals surface area (Å²) in [5, 5.41) is 3.29. The van der Waals surface area contributed by atoms with E-state index in [4.69, 9.17) is 0 Å². The van der Waals surface area contributed by atoms with E-state index in [0.29, 0.717) is 0 Å². The lowest BCUT2D eigenvalue weighted by Crippen LogP contribution is -2.39. The van der Waals surface area contributed by atoms with Gasteiger partial charge in [-0.15, -0.1) is 0 Å². The number of nitrogens with zero attached hydrogens (tertiary/aromatic N) is 1. The van der Waals surface area contributed by atoms with Crippen LogP contribution in [0.1, 0.15) is 12.0 Å². The number of hydrogen-bond donors (Lipinski definition) is 1. The first-order valence-electron chi connectivity index (χ1n) is 5.05. The van der Waals surface area contributed by atoms with Gasteiger partial charge in [0.25, 0.3) is 0 Å². The monoisotopic (exact) mass is 188 g/mol. The van der Waals surface area contributed by atoms with Crippen LogP contribution in [-0.4, -0.2) is 13.1 Å². The predicted octanol–water partition coefficient (Wildman–Crippen LogP) is 2.27. The molecule has 74 valence electrons. The van der Waals surface area contributed by atoms with Crippen LogP contribution in [-0.2, 0) is 0 Å². The molecule has 0 saturated carbocycles. The minimum Gasteiger partial charge on any atom is -0.372 e. The molecule has 0 spiro atoms. The first kappa shape index (κ1) is 9.13. The number of benzene rings is 1. The van der Waals surface area contributed by atoms with E-state index in [1.54, 1.807) is 0 Å². The predicted molar refractivity (Wildman–Crippen MR) is 60.3 cm³/mol. The number of para-hydroxylation sites is 1. The molecule has 2 rings (SSSR count). The zero-order valence-corrected chi connectivity index (χ0v) is 8.59. The van der Waals surface area contributed by atoms with Gasteiger partial charge in [0.05, 0.1) is 5.82 Å². The van der Waals surface area contributed by atoms with Crippen molar-refractivity contribution in [1.29, 1.82) is 0 Å². The molecule has 1 N–H and O–H groups in total. The van der Waals surface area contributed by atoms with E-state index in [1.165, 1.54) is 17.7 Å². The maximum atomic E-state index is 4.03. The molecular weight excluding hydrogens is 172 g/mol. The van der Waals surface area contributed by atoms with Gasteiger partial charge in [0.2, 0.25) is 0 Å². The lowest BCUT2D eigenvalue weighted by molar-refractivity contribution is 0.626. The second kappa shape index (κ2) is 3.74. The second-order valence-electron chi connectivity index (χ2n) is 3.67. The molecule has 0 amide bonds. The van der Waals surface area contributed by atoms with Crippen molar-refractivity contribution in [3.8, 4) is 0 Å². The Morgan fingerprint density at radius 1 is 1.36 bits per heavy atom. The molecule has 2 nitrogen and oxygen atoms in total. The zero-order chi connectivity index (χ0) is 9.97. The highest BCUT2D eigenvalue weighted by atomic mass is 15.3. The Bertz CT molecular complexity index is 344. The maximum Gasteiger partial charge on any atom is 0.0984 e. The molecule has 1 heterocycles. The van der Waals surface area contributed by atoms with Crippen LogP contribution in [0.2, 0.25) is 0 Å². The van der Waals surface area contributed by atoms with Gasteiger partial charge < -0.3 is 10.2 Å². The van der Waals surface area contributed by atoms with Crippen molar-refractivity contribution < 1.29 is 0 Å². The summed E-state index contributed by atoms with van der Waals surface area (Å²) in [7, 11) is 0. The van der Waals surface area contributed by atoms with Gasteiger partial charge in [0.1, 0.15) is 0 Å². The minimum absolute atomic E-state index is 1.02. The van der Waals surface area contributed by atoms with Crippen LogP contribution >= 0.6 is 0 Å². The Morgan fingerprint density at radius 3 is 2.86 bits per heavy atom. The molecule has 0 bridgehead atoms. The summed E-state index contributed by atoms with van der Waals surface area (Å²) in [6.45, 7) is 8.27. The zero-order valence-electron chi connectivity index (χ0n) is 8.59. The Labute approximate surface area is 85.2 Å². The van der Waals surface area contributed by atoms with E-state index in [-0.39, 0.29) is 0 Å². The third-order valence-electron chi connectivity index (χ3n) is 2.62. The van der Waals surface area contributed by atoms with Crippen molar-refractivity contribution in [2.45, 2.75) is 13.3 Å². The molecule has 1 aliphatic rings. The molecule has 1 aliphatic heterocycles. The number of rotatable bonds is 1. The van der Waals surface area contributed by atoms with E-state index >= 15 is 0 Å². The largest absolute Gasteiger partial charge is 0.372 e. The van der Waals surface area contributed by atoms with Crippen LogP contribution < -0.4 is 10.2 Å². The van der Waals surface area contributed by atoms with Crippen molar-refractivity contribution in [3.05, 3.63) is 42.2 Å². The van der Waals surface area contributed by atoms with Gasteiger partial charge in [-0.2, -0.15) is 0 Å². The Kier molecular flexibility index (Phi) is 2.44. The van der Waals surface area contributed by atoms with Crippen molar-refractivity contribution in [1.82, 2.24) is 5.32 Å². The fourth-order valence-electron chi connectivity index (χ4n) is 1.83. The fourth-order valence-corrected chi connectivity index (χ4v) is 1.83. The summed E-state index contributed by atoms with van der Waals surface area (Å²) in [5.41, 5.74) is 2.57. The second-order valence-corrected chi connectivity index (χ2v) is 3.67. The summed E-state index contributed by atoms with van der Waals surface area (Å²) < 4.78 is 0. The summed E-state index contributed by atoms with van der Waals surface area (Å²) in [6, 6.07) is 8.42. The van der Waals surface area contributed by atoms with Crippen LogP contribution in [0.15, 0.2) is 36.7 Å². The first-order chi connectivity index (χ1) is 6.79. The van der Waals surface area contributed by atoms with Gasteiger partial charge in [0.15, 0.2) is 0 Å². The highest BCUT2D eigenvalue weighted by Gasteiger charge is 2.15. The average Bonchev–Trinajstić information content (AvgIpc) is 2.20. The van der Waals surface area contributed by atoms with Crippen molar-refractivity contribution >= 4 is 5.69 Å². The van der Waals surface area contributed by atoms with Crippen LogP contribution in [0.3, 0.4) is 0 Å². The maximum absolute atomic E-state index is 4.03. The van der Waals surface area contributed by atoms with E-state index in [1.807, 2.05) is 0 Å². The topological polar surface area (TPSA) is 15.3 Å². The summed E-state index contributed by atoms with van der Waals surface area (Å²) in [6.07, 6.45) is 1.17. The normalized spacial score (nSPS) is 16.6. The van der Waals surface area contributed by atoms with E-state index in [9.17, 15) is 0 Å². The van der Waals surface area contributed by atoms with Gasteiger partial charge >= 0.3 is 0 Å². The molecule has 0 aromatic heterocycles. The lowest BCUT2D eigenvalue weighted by Gasteiger charge is -2.32.